The average molecular weight is 326 g/mol. The number of anilines is 1. The first kappa shape index (κ1) is 16.2. The minimum Gasteiger partial charge on any atom is -0.325 e. The molecule has 1 aliphatic heterocycles. The zero-order valence-corrected chi connectivity index (χ0v) is 13.7. The Morgan fingerprint density at radius 1 is 1.12 bits per heavy atom. The van der Waals surface area contributed by atoms with E-state index in [1.54, 1.807) is 30.0 Å². The van der Waals surface area contributed by atoms with Gasteiger partial charge in [0.05, 0.1) is 0 Å². The fraction of sp³-hybridized carbons (Fsp3) is 0.263. The summed E-state index contributed by atoms with van der Waals surface area (Å²) < 4.78 is 13.4. The number of hydrogen-bond donors (Lipinski definition) is 0. The number of benzene rings is 2. The lowest BCUT2D eigenvalue weighted by molar-refractivity contribution is -0.124. The van der Waals surface area contributed by atoms with E-state index >= 15 is 0 Å². The summed E-state index contributed by atoms with van der Waals surface area (Å²) >= 11 is 0. The van der Waals surface area contributed by atoms with Crippen LogP contribution in [0.25, 0.3) is 0 Å². The number of rotatable bonds is 2. The van der Waals surface area contributed by atoms with Crippen LogP contribution in [0.5, 0.6) is 0 Å². The fourth-order valence-corrected chi connectivity index (χ4v) is 3.02. The summed E-state index contributed by atoms with van der Waals surface area (Å²) in [7, 11) is 0. The van der Waals surface area contributed by atoms with Gasteiger partial charge in [0.2, 0.25) is 5.91 Å². The lowest BCUT2D eigenvalue weighted by Crippen LogP contribution is -2.57. The van der Waals surface area contributed by atoms with Crippen LogP contribution in [0.15, 0.2) is 48.5 Å². The molecule has 2 aromatic carbocycles. The zero-order chi connectivity index (χ0) is 17.3. The van der Waals surface area contributed by atoms with E-state index in [2.05, 4.69) is 0 Å². The lowest BCUT2D eigenvalue weighted by Gasteiger charge is -2.39. The predicted molar refractivity (Wildman–Crippen MR) is 90.4 cm³/mol. The molecule has 0 bridgehead atoms. The van der Waals surface area contributed by atoms with E-state index in [1.165, 1.54) is 17.0 Å². The average Bonchev–Trinajstić information content (AvgIpc) is 2.57. The van der Waals surface area contributed by atoms with Gasteiger partial charge in [-0.1, -0.05) is 24.3 Å². The molecule has 124 valence electrons. The number of hydrogen-bond acceptors (Lipinski definition) is 2. The molecule has 0 unspecified atom stereocenters. The number of carbonyl (C=O) groups is 2. The predicted octanol–water partition coefficient (Wildman–Crippen LogP) is 3.01. The first-order chi connectivity index (χ1) is 11.5. The van der Waals surface area contributed by atoms with Crippen LogP contribution >= 0.6 is 0 Å². The van der Waals surface area contributed by atoms with Crippen molar-refractivity contribution < 1.29 is 14.0 Å². The number of piperazine rings is 1. The molecule has 2 amide bonds. The van der Waals surface area contributed by atoms with Crippen molar-refractivity contribution in [2.45, 2.75) is 19.9 Å². The maximum atomic E-state index is 13.4. The van der Waals surface area contributed by atoms with Crippen molar-refractivity contribution in [3.8, 4) is 0 Å². The third-order valence-electron chi connectivity index (χ3n) is 4.41. The van der Waals surface area contributed by atoms with E-state index in [9.17, 15) is 14.0 Å². The minimum atomic E-state index is -0.589. The number of nitrogens with zero attached hydrogens (tertiary/aromatic N) is 2. The first-order valence-corrected chi connectivity index (χ1v) is 7.92. The van der Waals surface area contributed by atoms with Crippen LogP contribution in [0.4, 0.5) is 10.1 Å². The number of amides is 2. The van der Waals surface area contributed by atoms with Crippen molar-refractivity contribution in [3.63, 3.8) is 0 Å². The van der Waals surface area contributed by atoms with Gasteiger partial charge in [-0.05, 0) is 43.7 Å². The molecule has 0 saturated carbocycles. The van der Waals surface area contributed by atoms with Crippen molar-refractivity contribution in [3.05, 3.63) is 65.5 Å². The third-order valence-corrected chi connectivity index (χ3v) is 4.41. The summed E-state index contributed by atoms with van der Waals surface area (Å²) in [6, 6.07) is 12.7. The van der Waals surface area contributed by atoms with Crippen molar-refractivity contribution >= 4 is 17.5 Å². The normalized spacial score (nSPS) is 18.0. The number of halogens is 1. The van der Waals surface area contributed by atoms with Crippen LogP contribution in [0.1, 0.15) is 22.8 Å². The molecule has 1 fully saturated rings. The molecule has 2 aromatic rings. The molecular weight excluding hydrogens is 307 g/mol. The number of aryl methyl sites for hydroxylation is 1. The van der Waals surface area contributed by atoms with Crippen molar-refractivity contribution in [2.24, 2.45) is 0 Å². The van der Waals surface area contributed by atoms with Crippen LogP contribution in [0.3, 0.4) is 0 Å². The fourth-order valence-electron chi connectivity index (χ4n) is 3.02. The van der Waals surface area contributed by atoms with E-state index in [4.69, 9.17) is 0 Å². The molecule has 3 rings (SSSR count). The Bertz CT molecular complexity index is 790. The Labute approximate surface area is 140 Å². The standard InChI is InChI=1S/C19H19FN2O2/c1-13-6-3-4-9-17(13)19(24)21-10-11-22(18(23)14(21)2)16-8-5-7-15(20)12-16/h3-9,12,14H,10-11H2,1-2H3/t14-/m1/s1. The van der Waals surface area contributed by atoms with Gasteiger partial charge in [-0.3, -0.25) is 9.59 Å². The van der Waals surface area contributed by atoms with Gasteiger partial charge in [-0.2, -0.15) is 0 Å². The maximum absolute atomic E-state index is 13.4. The van der Waals surface area contributed by atoms with Crippen molar-refractivity contribution in [2.75, 3.05) is 18.0 Å². The van der Waals surface area contributed by atoms with Crippen LogP contribution in [-0.2, 0) is 4.79 Å². The Morgan fingerprint density at radius 3 is 2.58 bits per heavy atom. The molecule has 5 heteroatoms. The van der Waals surface area contributed by atoms with Gasteiger partial charge in [-0.25, -0.2) is 4.39 Å². The molecular formula is C19H19FN2O2. The van der Waals surface area contributed by atoms with Crippen LogP contribution in [0.2, 0.25) is 0 Å². The van der Waals surface area contributed by atoms with E-state index in [0.717, 1.165) is 5.56 Å². The summed E-state index contributed by atoms with van der Waals surface area (Å²) in [5.41, 5.74) is 2.01. The van der Waals surface area contributed by atoms with Crippen LogP contribution in [0, 0.1) is 12.7 Å². The van der Waals surface area contributed by atoms with Gasteiger partial charge in [-0.15, -0.1) is 0 Å². The second kappa shape index (κ2) is 6.43. The molecule has 0 aliphatic carbocycles. The number of carbonyl (C=O) groups excluding carboxylic acids is 2. The molecule has 1 saturated heterocycles. The smallest absolute Gasteiger partial charge is 0.254 e. The van der Waals surface area contributed by atoms with Gasteiger partial charge in [0.25, 0.3) is 5.91 Å². The molecule has 1 aliphatic rings. The second-order valence-electron chi connectivity index (χ2n) is 5.96. The lowest BCUT2D eigenvalue weighted by atomic mass is 10.0. The van der Waals surface area contributed by atoms with E-state index in [1.807, 2.05) is 25.1 Å². The quantitative estimate of drug-likeness (QED) is 0.851. The monoisotopic (exact) mass is 326 g/mol. The molecule has 1 heterocycles. The van der Waals surface area contributed by atoms with Gasteiger partial charge in [0.1, 0.15) is 11.9 Å². The highest BCUT2D eigenvalue weighted by atomic mass is 19.1. The zero-order valence-electron chi connectivity index (χ0n) is 13.7. The Kier molecular flexibility index (Phi) is 4.34. The van der Waals surface area contributed by atoms with E-state index in [0.29, 0.717) is 24.3 Å². The van der Waals surface area contributed by atoms with Crippen LogP contribution in [-0.4, -0.2) is 35.8 Å². The summed E-state index contributed by atoms with van der Waals surface area (Å²) in [6.07, 6.45) is 0. The van der Waals surface area contributed by atoms with E-state index in [-0.39, 0.29) is 17.6 Å². The summed E-state index contributed by atoms with van der Waals surface area (Å²) in [5.74, 6) is -0.729. The Morgan fingerprint density at radius 2 is 1.88 bits per heavy atom. The largest absolute Gasteiger partial charge is 0.325 e. The van der Waals surface area contributed by atoms with Gasteiger partial charge < -0.3 is 9.80 Å². The van der Waals surface area contributed by atoms with Gasteiger partial charge in [0.15, 0.2) is 0 Å². The van der Waals surface area contributed by atoms with Crippen molar-refractivity contribution in [1.82, 2.24) is 4.90 Å². The van der Waals surface area contributed by atoms with Crippen LogP contribution < -0.4 is 4.90 Å². The topological polar surface area (TPSA) is 40.6 Å². The molecule has 4 nitrogen and oxygen atoms in total. The second-order valence-corrected chi connectivity index (χ2v) is 5.96. The Balaban J connectivity index is 1.83. The molecule has 0 radical (unpaired) electrons. The molecule has 24 heavy (non-hydrogen) atoms. The van der Waals surface area contributed by atoms with Crippen molar-refractivity contribution in [1.29, 1.82) is 0 Å². The molecule has 0 N–H and O–H groups in total. The molecule has 0 aromatic heterocycles. The molecule has 1 atom stereocenters. The first-order valence-electron chi connectivity index (χ1n) is 7.92. The maximum Gasteiger partial charge on any atom is 0.254 e. The highest BCUT2D eigenvalue weighted by molar-refractivity contribution is 6.03. The van der Waals surface area contributed by atoms with Gasteiger partial charge in [0, 0.05) is 24.3 Å². The van der Waals surface area contributed by atoms with Gasteiger partial charge >= 0.3 is 0 Å². The SMILES string of the molecule is Cc1ccccc1C(=O)N1CCN(c2cccc(F)c2)C(=O)[C@H]1C. The Hall–Kier alpha value is -2.69. The molecule has 0 spiro atoms. The third kappa shape index (κ3) is 2.89. The summed E-state index contributed by atoms with van der Waals surface area (Å²) in [4.78, 5) is 28.6. The minimum absolute atomic E-state index is 0.146. The highest BCUT2D eigenvalue weighted by Crippen LogP contribution is 2.23. The highest BCUT2D eigenvalue weighted by Gasteiger charge is 2.35. The summed E-state index contributed by atoms with van der Waals surface area (Å²) in [6.45, 7) is 4.35. The summed E-state index contributed by atoms with van der Waals surface area (Å²) in [5, 5.41) is 0. The van der Waals surface area contributed by atoms with E-state index < -0.39 is 6.04 Å².